The highest BCUT2D eigenvalue weighted by atomic mass is 32.2. The number of morpholine rings is 1. The molecule has 1 atom stereocenters. The van der Waals surface area contributed by atoms with E-state index in [-0.39, 0.29) is 23.5 Å². The third kappa shape index (κ3) is 4.38. The summed E-state index contributed by atoms with van der Waals surface area (Å²) < 4.78 is 38.4. The van der Waals surface area contributed by atoms with Crippen LogP contribution in [0.4, 0.5) is 0 Å². The topological polar surface area (TPSA) is 84.9 Å². The van der Waals surface area contributed by atoms with Crippen molar-refractivity contribution in [3.63, 3.8) is 0 Å². The van der Waals surface area contributed by atoms with Gasteiger partial charge >= 0.3 is 0 Å². The number of aryl methyl sites for hydroxylation is 1. The zero-order valence-electron chi connectivity index (χ0n) is 14.4. The first-order chi connectivity index (χ1) is 12.0. The molecule has 1 aromatic rings. The van der Waals surface area contributed by atoms with Crippen LogP contribution in [0.15, 0.2) is 23.1 Å². The van der Waals surface area contributed by atoms with Crippen molar-refractivity contribution in [1.82, 2.24) is 9.62 Å². The van der Waals surface area contributed by atoms with Gasteiger partial charge in [0.2, 0.25) is 10.0 Å². The molecule has 2 aliphatic heterocycles. The fourth-order valence-electron chi connectivity index (χ4n) is 3.03. The van der Waals surface area contributed by atoms with Gasteiger partial charge in [-0.3, -0.25) is 4.79 Å². The molecular weight excluding hydrogens is 344 g/mol. The molecule has 7 nitrogen and oxygen atoms in total. The van der Waals surface area contributed by atoms with E-state index in [1.807, 2.05) is 6.92 Å². The Hall–Kier alpha value is -1.48. The van der Waals surface area contributed by atoms with E-state index in [9.17, 15) is 13.2 Å². The van der Waals surface area contributed by atoms with Crippen LogP contribution in [0.2, 0.25) is 0 Å². The van der Waals surface area contributed by atoms with Gasteiger partial charge in [-0.1, -0.05) is 6.07 Å². The average molecular weight is 368 g/mol. The summed E-state index contributed by atoms with van der Waals surface area (Å²) in [7, 11) is -3.68. The first-order valence-corrected chi connectivity index (χ1v) is 10.0. The van der Waals surface area contributed by atoms with Gasteiger partial charge in [-0.25, -0.2) is 13.1 Å². The van der Waals surface area contributed by atoms with Crippen molar-refractivity contribution < 1.29 is 22.7 Å². The van der Waals surface area contributed by atoms with Crippen molar-refractivity contribution in [3.8, 4) is 0 Å². The maximum absolute atomic E-state index is 12.7. The molecule has 25 heavy (non-hydrogen) atoms. The molecule has 0 spiro atoms. The molecule has 0 aliphatic carbocycles. The summed E-state index contributed by atoms with van der Waals surface area (Å²) in [5, 5.41) is 0. The minimum Gasteiger partial charge on any atom is -0.378 e. The average Bonchev–Trinajstić information content (AvgIpc) is 3.14. The maximum Gasteiger partial charge on any atom is 0.254 e. The lowest BCUT2D eigenvalue weighted by Crippen LogP contribution is -2.41. The lowest BCUT2D eigenvalue weighted by molar-refractivity contribution is 0.0302. The predicted molar refractivity (Wildman–Crippen MR) is 92.1 cm³/mol. The van der Waals surface area contributed by atoms with Gasteiger partial charge in [-0.15, -0.1) is 0 Å². The van der Waals surface area contributed by atoms with Gasteiger partial charge in [0.05, 0.1) is 24.2 Å². The number of benzene rings is 1. The Labute approximate surface area is 148 Å². The molecule has 2 fully saturated rings. The van der Waals surface area contributed by atoms with E-state index < -0.39 is 10.0 Å². The Balaban J connectivity index is 1.76. The lowest BCUT2D eigenvalue weighted by atomic mass is 10.1. The number of carbonyl (C=O) groups is 1. The second-order valence-corrected chi connectivity index (χ2v) is 8.14. The third-order valence-corrected chi connectivity index (χ3v) is 5.99. The number of hydrogen-bond acceptors (Lipinski definition) is 5. The Bertz CT molecular complexity index is 723. The lowest BCUT2D eigenvalue weighted by Gasteiger charge is -2.27. The molecule has 1 aromatic carbocycles. The molecule has 138 valence electrons. The van der Waals surface area contributed by atoms with E-state index >= 15 is 0 Å². The molecule has 2 saturated heterocycles. The Morgan fingerprint density at radius 2 is 2.04 bits per heavy atom. The highest BCUT2D eigenvalue weighted by Gasteiger charge is 2.24. The number of carbonyl (C=O) groups excluding carboxylic acids is 1. The van der Waals surface area contributed by atoms with E-state index in [1.165, 1.54) is 12.1 Å². The van der Waals surface area contributed by atoms with Crippen LogP contribution in [0.3, 0.4) is 0 Å². The molecule has 0 bridgehead atoms. The van der Waals surface area contributed by atoms with Crippen molar-refractivity contribution >= 4 is 15.9 Å². The summed E-state index contributed by atoms with van der Waals surface area (Å²) in [4.78, 5) is 14.5. The summed E-state index contributed by atoms with van der Waals surface area (Å²) in [5.74, 6) is -0.156. The van der Waals surface area contributed by atoms with Crippen LogP contribution in [-0.2, 0) is 19.5 Å². The Morgan fingerprint density at radius 1 is 1.28 bits per heavy atom. The molecule has 8 heteroatoms. The predicted octanol–water partition coefficient (Wildman–Crippen LogP) is 0.925. The fourth-order valence-corrected chi connectivity index (χ4v) is 4.12. The Kier molecular flexibility index (Phi) is 5.73. The molecule has 0 unspecified atom stereocenters. The van der Waals surface area contributed by atoms with Crippen LogP contribution >= 0.6 is 0 Å². The third-order valence-electron chi connectivity index (χ3n) is 4.57. The van der Waals surface area contributed by atoms with Crippen LogP contribution in [0.5, 0.6) is 0 Å². The number of nitrogens with zero attached hydrogens (tertiary/aromatic N) is 1. The molecule has 1 N–H and O–H groups in total. The largest absolute Gasteiger partial charge is 0.378 e. The summed E-state index contributed by atoms with van der Waals surface area (Å²) in [5.41, 5.74) is 1.18. The number of hydrogen-bond donors (Lipinski definition) is 1. The maximum atomic E-state index is 12.7. The first-order valence-electron chi connectivity index (χ1n) is 8.56. The van der Waals surface area contributed by atoms with E-state index in [4.69, 9.17) is 9.47 Å². The summed E-state index contributed by atoms with van der Waals surface area (Å²) in [6.45, 7) is 4.79. The summed E-state index contributed by atoms with van der Waals surface area (Å²) in [6, 6.07) is 4.67. The number of amides is 1. The monoisotopic (exact) mass is 368 g/mol. The van der Waals surface area contributed by atoms with Crippen LogP contribution in [-0.4, -0.2) is 64.8 Å². The van der Waals surface area contributed by atoms with Gasteiger partial charge in [0, 0.05) is 31.8 Å². The van der Waals surface area contributed by atoms with Crippen molar-refractivity contribution in [2.45, 2.75) is 30.8 Å². The quantitative estimate of drug-likeness (QED) is 0.836. The van der Waals surface area contributed by atoms with E-state index in [0.29, 0.717) is 38.5 Å². The van der Waals surface area contributed by atoms with Gasteiger partial charge in [0.1, 0.15) is 0 Å². The minimum atomic E-state index is -3.68. The summed E-state index contributed by atoms with van der Waals surface area (Å²) >= 11 is 0. The SMILES string of the molecule is Cc1ccc(S(=O)(=O)NC[C@@H]2CCCO2)cc1C(=O)N1CCOCC1. The molecule has 2 aliphatic rings. The number of nitrogens with one attached hydrogen (secondary N) is 1. The zero-order valence-corrected chi connectivity index (χ0v) is 15.2. The van der Waals surface area contributed by atoms with Crippen molar-refractivity contribution in [1.29, 1.82) is 0 Å². The molecule has 1 amide bonds. The number of sulfonamides is 1. The smallest absolute Gasteiger partial charge is 0.254 e. The highest BCUT2D eigenvalue weighted by Crippen LogP contribution is 2.19. The van der Waals surface area contributed by atoms with Crippen molar-refractivity contribution in [3.05, 3.63) is 29.3 Å². The van der Waals surface area contributed by atoms with E-state index in [2.05, 4.69) is 4.72 Å². The number of ether oxygens (including phenoxy) is 2. The second-order valence-electron chi connectivity index (χ2n) is 6.37. The molecular formula is C17H24N2O5S. The van der Waals surface area contributed by atoms with Crippen molar-refractivity contribution in [2.24, 2.45) is 0 Å². The Morgan fingerprint density at radius 3 is 2.72 bits per heavy atom. The van der Waals surface area contributed by atoms with Gasteiger partial charge < -0.3 is 14.4 Å². The van der Waals surface area contributed by atoms with Crippen LogP contribution in [0.25, 0.3) is 0 Å². The van der Waals surface area contributed by atoms with E-state index in [0.717, 1.165) is 18.4 Å². The number of rotatable bonds is 5. The zero-order chi connectivity index (χ0) is 17.9. The first kappa shape index (κ1) is 18.3. The molecule has 2 heterocycles. The van der Waals surface area contributed by atoms with Gasteiger partial charge in [0.25, 0.3) is 5.91 Å². The standard InChI is InChI=1S/C17H24N2O5S/c1-13-4-5-15(25(21,22)18-12-14-3-2-8-24-14)11-16(13)17(20)19-6-9-23-10-7-19/h4-5,11,14,18H,2-3,6-10,12H2,1H3/t14-/m0/s1. The highest BCUT2D eigenvalue weighted by molar-refractivity contribution is 7.89. The van der Waals surface area contributed by atoms with Gasteiger partial charge in [-0.2, -0.15) is 0 Å². The van der Waals surface area contributed by atoms with Crippen LogP contribution in [0.1, 0.15) is 28.8 Å². The van der Waals surface area contributed by atoms with E-state index in [1.54, 1.807) is 11.0 Å². The molecule has 3 rings (SSSR count). The van der Waals surface area contributed by atoms with Crippen LogP contribution < -0.4 is 4.72 Å². The minimum absolute atomic E-state index is 0.0744. The molecule has 0 saturated carbocycles. The van der Waals surface area contributed by atoms with Gasteiger partial charge in [-0.05, 0) is 37.5 Å². The fraction of sp³-hybridized carbons (Fsp3) is 0.588. The second kappa shape index (κ2) is 7.82. The molecule has 0 radical (unpaired) electrons. The summed E-state index contributed by atoms with van der Waals surface area (Å²) in [6.07, 6.45) is 1.74. The van der Waals surface area contributed by atoms with Crippen LogP contribution in [0, 0.1) is 6.92 Å². The molecule has 0 aromatic heterocycles. The normalized spacial score (nSPS) is 21.5. The van der Waals surface area contributed by atoms with Crippen molar-refractivity contribution in [2.75, 3.05) is 39.5 Å². The van der Waals surface area contributed by atoms with Gasteiger partial charge in [0.15, 0.2) is 0 Å².